The van der Waals surface area contributed by atoms with Gasteiger partial charge in [-0.1, -0.05) is 19.9 Å². The largest absolute Gasteiger partial charge is 0.393 e. The quantitative estimate of drug-likeness (QED) is 0.863. The molecule has 0 aromatic carbocycles. The molecule has 3 nitrogen and oxygen atoms in total. The fourth-order valence-corrected chi connectivity index (χ4v) is 5.43. The lowest BCUT2D eigenvalue weighted by Crippen LogP contribution is -2.16. The number of aromatic nitrogens is 2. The van der Waals surface area contributed by atoms with E-state index < -0.39 is 10.2 Å². The van der Waals surface area contributed by atoms with Gasteiger partial charge in [-0.3, -0.25) is 3.97 Å². The molecule has 0 saturated carbocycles. The van der Waals surface area contributed by atoms with E-state index in [1.807, 2.05) is 25.6 Å². The van der Waals surface area contributed by atoms with Crippen LogP contribution in [0.3, 0.4) is 0 Å². The summed E-state index contributed by atoms with van der Waals surface area (Å²) in [6, 6.07) is 0. The molecule has 0 saturated heterocycles. The highest BCUT2D eigenvalue weighted by Gasteiger charge is 2.26. The third-order valence-electron chi connectivity index (χ3n) is 3.26. The van der Waals surface area contributed by atoms with Crippen molar-refractivity contribution in [3.63, 3.8) is 0 Å². The molecule has 1 aromatic rings. The highest BCUT2D eigenvalue weighted by molar-refractivity contribution is 8.37. The fourth-order valence-electron chi connectivity index (χ4n) is 2.30. The molecule has 0 spiro atoms. The SMILES string of the molecule is CC(C)CCC1=CS(CC(C)O)(n2ccnc2)C=C1. The minimum absolute atomic E-state index is 0.303. The molecule has 0 fully saturated rings. The van der Waals surface area contributed by atoms with Gasteiger partial charge in [-0.25, -0.2) is 4.98 Å². The number of allylic oxidation sites excluding steroid dienone is 2. The number of aliphatic hydroxyl groups excluding tert-OH is 1. The molecule has 0 radical (unpaired) electrons. The first-order valence-electron chi connectivity index (χ1n) is 6.88. The number of imidazole rings is 1. The molecule has 106 valence electrons. The summed E-state index contributed by atoms with van der Waals surface area (Å²) in [6.07, 6.45) is 9.95. The van der Waals surface area contributed by atoms with E-state index in [9.17, 15) is 5.11 Å². The third-order valence-corrected chi connectivity index (χ3v) is 6.60. The van der Waals surface area contributed by atoms with Gasteiger partial charge in [0.15, 0.2) is 0 Å². The Morgan fingerprint density at radius 2 is 2.16 bits per heavy atom. The summed E-state index contributed by atoms with van der Waals surface area (Å²) in [5.41, 5.74) is 1.40. The van der Waals surface area contributed by atoms with Gasteiger partial charge in [-0.2, -0.15) is 0 Å². The summed E-state index contributed by atoms with van der Waals surface area (Å²) < 4.78 is 2.17. The fraction of sp³-hybridized carbons (Fsp3) is 0.533. The average molecular weight is 280 g/mol. The maximum absolute atomic E-state index is 9.81. The lowest BCUT2D eigenvalue weighted by Gasteiger charge is -2.34. The Bertz CT molecular complexity index is 462. The van der Waals surface area contributed by atoms with Crippen molar-refractivity contribution in [1.29, 1.82) is 0 Å². The van der Waals surface area contributed by atoms with Crippen molar-refractivity contribution < 1.29 is 5.11 Å². The summed E-state index contributed by atoms with van der Waals surface area (Å²) in [4.78, 5) is 4.16. The molecule has 4 heteroatoms. The van der Waals surface area contributed by atoms with Crippen LogP contribution in [0.25, 0.3) is 0 Å². The lowest BCUT2D eigenvalue weighted by molar-refractivity contribution is 0.219. The number of aliphatic hydroxyl groups is 1. The monoisotopic (exact) mass is 280 g/mol. The van der Waals surface area contributed by atoms with Crippen LogP contribution in [-0.2, 0) is 0 Å². The van der Waals surface area contributed by atoms with E-state index in [2.05, 4.69) is 39.7 Å². The van der Waals surface area contributed by atoms with Crippen LogP contribution in [0.1, 0.15) is 33.6 Å². The van der Waals surface area contributed by atoms with Gasteiger partial charge in [-0.05, 0) is 42.1 Å². The summed E-state index contributed by atoms with van der Waals surface area (Å²) in [7, 11) is -1.23. The molecule has 2 rings (SSSR count). The molecule has 2 heterocycles. The highest BCUT2D eigenvalue weighted by Crippen LogP contribution is 2.57. The molecule has 1 aliphatic rings. The van der Waals surface area contributed by atoms with Crippen molar-refractivity contribution in [2.75, 3.05) is 5.75 Å². The molecule has 2 unspecified atom stereocenters. The Morgan fingerprint density at radius 3 is 2.74 bits per heavy atom. The molecule has 2 atom stereocenters. The van der Waals surface area contributed by atoms with Gasteiger partial charge in [0, 0.05) is 18.1 Å². The second-order valence-corrected chi connectivity index (χ2v) is 8.56. The maximum atomic E-state index is 9.81. The number of hydrogen-bond donors (Lipinski definition) is 1. The van der Waals surface area contributed by atoms with Crippen molar-refractivity contribution in [2.24, 2.45) is 5.92 Å². The van der Waals surface area contributed by atoms with E-state index in [0.717, 1.165) is 18.1 Å². The van der Waals surface area contributed by atoms with Gasteiger partial charge in [0.1, 0.15) is 6.33 Å². The van der Waals surface area contributed by atoms with Crippen LogP contribution in [0, 0.1) is 5.92 Å². The van der Waals surface area contributed by atoms with Crippen LogP contribution < -0.4 is 0 Å². The van der Waals surface area contributed by atoms with Crippen LogP contribution in [0.5, 0.6) is 0 Å². The van der Waals surface area contributed by atoms with E-state index in [1.165, 1.54) is 12.0 Å². The average Bonchev–Trinajstić information content (AvgIpc) is 2.94. The molecule has 1 aliphatic heterocycles. The van der Waals surface area contributed by atoms with E-state index in [0.29, 0.717) is 0 Å². The van der Waals surface area contributed by atoms with E-state index in [-0.39, 0.29) is 6.10 Å². The summed E-state index contributed by atoms with van der Waals surface area (Å²) in [5, 5.41) is 14.4. The van der Waals surface area contributed by atoms with Gasteiger partial charge in [0.2, 0.25) is 0 Å². The minimum Gasteiger partial charge on any atom is -0.393 e. The molecule has 0 aliphatic carbocycles. The summed E-state index contributed by atoms with van der Waals surface area (Å²) in [6.45, 7) is 6.37. The van der Waals surface area contributed by atoms with Crippen molar-refractivity contribution in [2.45, 2.75) is 39.7 Å². The maximum Gasteiger partial charge on any atom is 0.104 e. The lowest BCUT2D eigenvalue weighted by atomic mass is 10.0. The predicted octanol–water partition coefficient (Wildman–Crippen LogP) is 3.68. The van der Waals surface area contributed by atoms with Crippen LogP contribution >= 0.6 is 10.2 Å². The molecule has 1 N–H and O–H groups in total. The Morgan fingerprint density at radius 1 is 1.37 bits per heavy atom. The Hall–Kier alpha value is -1.00. The Balaban J connectivity index is 2.20. The molecule has 0 amide bonds. The Labute approximate surface area is 117 Å². The minimum atomic E-state index is -1.23. The zero-order valence-corrected chi connectivity index (χ0v) is 12.8. The standard InChI is InChI=1S/C15H24N2OS/c1-13(2)4-5-15-6-9-19(11-15,10-14(3)18)17-8-7-16-12-17/h6-9,11-14,18H,4-5,10H2,1-3H3. The first-order valence-corrected chi connectivity index (χ1v) is 8.77. The van der Waals surface area contributed by atoms with Gasteiger partial charge < -0.3 is 5.11 Å². The molecular weight excluding hydrogens is 256 g/mol. The van der Waals surface area contributed by atoms with Gasteiger partial charge in [0.05, 0.1) is 6.10 Å². The first kappa shape index (κ1) is 14.4. The third kappa shape index (κ3) is 3.51. The second-order valence-electron chi connectivity index (χ2n) is 5.68. The van der Waals surface area contributed by atoms with Crippen LogP contribution in [-0.4, -0.2) is 25.9 Å². The molecular formula is C15H24N2OS. The van der Waals surface area contributed by atoms with Crippen molar-refractivity contribution >= 4 is 10.2 Å². The normalized spacial score (nSPS) is 27.3. The van der Waals surface area contributed by atoms with Crippen LogP contribution in [0.2, 0.25) is 0 Å². The molecule has 0 bridgehead atoms. The molecule has 1 aromatic heterocycles. The van der Waals surface area contributed by atoms with Crippen molar-refractivity contribution in [3.05, 3.63) is 41.2 Å². The van der Waals surface area contributed by atoms with Crippen LogP contribution in [0.15, 0.2) is 41.2 Å². The highest BCUT2D eigenvalue weighted by atomic mass is 32.3. The zero-order chi connectivity index (χ0) is 13.9. The topological polar surface area (TPSA) is 38.0 Å². The number of nitrogens with zero attached hydrogens (tertiary/aromatic N) is 2. The summed E-state index contributed by atoms with van der Waals surface area (Å²) >= 11 is 0. The molecule has 19 heavy (non-hydrogen) atoms. The smallest absolute Gasteiger partial charge is 0.104 e. The van der Waals surface area contributed by atoms with E-state index >= 15 is 0 Å². The zero-order valence-electron chi connectivity index (χ0n) is 12.0. The van der Waals surface area contributed by atoms with Gasteiger partial charge in [-0.15, -0.1) is 10.2 Å². The predicted molar refractivity (Wildman–Crippen MR) is 83.1 cm³/mol. The Kier molecular flexibility index (Phi) is 4.53. The van der Waals surface area contributed by atoms with Crippen LogP contribution in [0.4, 0.5) is 0 Å². The number of hydrogen-bond acceptors (Lipinski definition) is 2. The number of rotatable bonds is 6. The van der Waals surface area contributed by atoms with Gasteiger partial charge in [0.25, 0.3) is 0 Å². The summed E-state index contributed by atoms with van der Waals surface area (Å²) in [5.74, 6) is 1.50. The van der Waals surface area contributed by atoms with Crippen molar-refractivity contribution in [3.8, 4) is 0 Å². The first-order chi connectivity index (χ1) is 9.02. The van der Waals surface area contributed by atoms with Gasteiger partial charge >= 0.3 is 0 Å². The van der Waals surface area contributed by atoms with E-state index in [4.69, 9.17) is 0 Å². The van der Waals surface area contributed by atoms with E-state index in [1.54, 1.807) is 0 Å². The second kappa shape index (κ2) is 5.97. The van der Waals surface area contributed by atoms with Crippen molar-refractivity contribution in [1.82, 2.24) is 8.96 Å².